The lowest BCUT2D eigenvalue weighted by Crippen LogP contribution is -2.18. The summed E-state index contributed by atoms with van der Waals surface area (Å²) in [5.41, 5.74) is 2.02. The van der Waals surface area contributed by atoms with Gasteiger partial charge in [-0.25, -0.2) is 15.0 Å². The smallest absolute Gasteiger partial charge is 0.276 e. The number of rotatable bonds is 4. The van der Waals surface area contributed by atoms with Crippen LogP contribution in [-0.4, -0.2) is 32.5 Å². The van der Waals surface area contributed by atoms with Crippen LogP contribution in [0.2, 0.25) is 0 Å². The van der Waals surface area contributed by atoms with Crippen LogP contribution in [0.5, 0.6) is 5.88 Å². The number of nitrogens with one attached hydrogen (secondary N) is 1. The van der Waals surface area contributed by atoms with Gasteiger partial charge in [-0.2, -0.15) is 0 Å². The van der Waals surface area contributed by atoms with Gasteiger partial charge in [0.25, 0.3) is 5.91 Å². The van der Waals surface area contributed by atoms with Gasteiger partial charge in [0.2, 0.25) is 11.8 Å². The highest BCUT2D eigenvalue weighted by Gasteiger charge is 2.17. The second-order valence-electron chi connectivity index (χ2n) is 5.29. The van der Waals surface area contributed by atoms with Gasteiger partial charge in [-0.3, -0.25) is 10.1 Å². The first-order valence-electron chi connectivity index (χ1n) is 7.24. The van der Waals surface area contributed by atoms with Crippen LogP contribution in [0, 0.1) is 0 Å². The maximum atomic E-state index is 12.4. The summed E-state index contributed by atoms with van der Waals surface area (Å²) in [6.45, 7) is 4.08. The molecule has 23 heavy (non-hydrogen) atoms. The van der Waals surface area contributed by atoms with Crippen LogP contribution in [-0.2, 0) is 0 Å². The highest BCUT2D eigenvalue weighted by molar-refractivity contribution is 6.02. The van der Waals surface area contributed by atoms with Gasteiger partial charge in [0, 0.05) is 12.1 Å². The zero-order valence-electron chi connectivity index (χ0n) is 13.1. The minimum atomic E-state index is -0.358. The molecule has 1 amide bonds. The van der Waals surface area contributed by atoms with Gasteiger partial charge < -0.3 is 9.30 Å². The zero-order valence-corrected chi connectivity index (χ0v) is 13.1. The van der Waals surface area contributed by atoms with Gasteiger partial charge in [0.05, 0.1) is 18.1 Å². The number of amides is 1. The molecule has 0 radical (unpaired) electrons. The van der Waals surface area contributed by atoms with Crippen LogP contribution >= 0.6 is 0 Å². The van der Waals surface area contributed by atoms with Gasteiger partial charge in [0.1, 0.15) is 12.0 Å². The molecule has 1 aromatic carbocycles. The molecule has 0 atom stereocenters. The predicted octanol–water partition coefficient (Wildman–Crippen LogP) is 2.67. The molecule has 0 bridgehead atoms. The first-order valence-corrected chi connectivity index (χ1v) is 7.24. The van der Waals surface area contributed by atoms with Crippen molar-refractivity contribution < 1.29 is 9.53 Å². The van der Waals surface area contributed by atoms with E-state index in [-0.39, 0.29) is 17.6 Å². The van der Waals surface area contributed by atoms with Crippen LogP contribution in [0.15, 0.2) is 36.7 Å². The van der Waals surface area contributed by atoms with E-state index in [1.165, 1.54) is 19.5 Å². The van der Waals surface area contributed by atoms with Gasteiger partial charge in [-0.05, 0) is 26.0 Å². The van der Waals surface area contributed by atoms with E-state index in [2.05, 4.69) is 20.3 Å². The van der Waals surface area contributed by atoms with Crippen LogP contribution in [0.1, 0.15) is 30.4 Å². The molecule has 0 spiro atoms. The average Bonchev–Trinajstić information content (AvgIpc) is 2.92. The Bertz CT molecular complexity index is 857. The fourth-order valence-corrected chi connectivity index (χ4v) is 2.40. The van der Waals surface area contributed by atoms with Crippen molar-refractivity contribution in [3.63, 3.8) is 0 Å². The Hall–Kier alpha value is -2.96. The number of carbonyl (C=O) groups is 1. The number of nitrogens with zero attached hydrogens (tertiary/aromatic N) is 4. The molecule has 1 N–H and O–H groups in total. The molecule has 7 nitrogen and oxygen atoms in total. The van der Waals surface area contributed by atoms with E-state index >= 15 is 0 Å². The fraction of sp³-hybridized carbons (Fsp3) is 0.250. The minimum absolute atomic E-state index is 0.151. The topological polar surface area (TPSA) is 81.9 Å². The predicted molar refractivity (Wildman–Crippen MR) is 86.7 cm³/mol. The van der Waals surface area contributed by atoms with Gasteiger partial charge in [-0.1, -0.05) is 12.1 Å². The summed E-state index contributed by atoms with van der Waals surface area (Å²) in [6, 6.07) is 9.39. The Morgan fingerprint density at radius 1 is 1.26 bits per heavy atom. The van der Waals surface area contributed by atoms with E-state index in [9.17, 15) is 4.79 Å². The lowest BCUT2D eigenvalue weighted by molar-refractivity contribution is 0.102. The Balaban J connectivity index is 1.97. The lowest BCUT2D eigenvalue weighted by atomic mass is 10.3. The average molecular weight is 311 g/mol. The molecule has 0 saturated heterocycles. The van der Waals surface area contributed by atoms with Crippen molar-refractivity contribution >= 4 is 22.9 Å². The molecule has 0 aliphatic heterocycles. The normalized spacial score (nSPS) is 11.0. The lowest BCUT2D eigenvalue weighted by Gasteiger charge is -2.13. The molecule has 0 saturated carbocycles. The second-order valence-corrected chi connectivity index (χ2v) is 5.29. The maximum Gasteiger partial charge on any atom is 0.276 e. The quantitative estimate of drug-likeness (QED) is 0.801. The summed E-state index contributed by atoms with van der Waals surface area (Å²) < 4.78 is 6.99. The number of para-hydroxylation sites is 2. The molecule has 0 fully saturated rings. The van der Waals surface area contributed by atoms with Crippen LogP contribution in [0.25, 0.3) is 11.0 Å². The molecule has 7 heteroatoms. The van der Waals surface area contributed by atoms with E-state index in [1.807, 2.05) is 42.7 Å². The summed E-state index contributed by atoms with van der Waals surface area (Å²) in [6.07, 6.45) is 1.29. The third-order valence-corrected chi connectivity index (χ3v) is 3.42. The molecule has 0 aliphatic rings. The third-order valence-electron chi connectivity index (χ3n) is 3.42. The maximum absolute atomic E-state index is 12.4. The summed E-state index contributed by atoms with van der Waals surface area (Å²) >= 11 is 0. The highest BCUT2D eigenvalue weighted by atomic mass is 16.5. The van der Waals surface area contributed by atoms with Crippen molar-refractivity contribution in [1.82, 2.24) is 19.5 Å². The number of hydrogen-bond acceptors (Lipinski definition) is 5. The van der Waals surface area contributed by atoms with Gasteiger partial charge in [-0.15, -0.1) is 0 Å². The van der Waals surface area contributed by atoms with E-state index in [0.29, 0.717) is 11.8 Å². The second kappa shape index (κ2) is 6.04. The molecule has 2 heterocycles. The van der Waals surface area contributed by atoms with Crippen LogP contribution < -0.4 is 10.1 Å². The number of ether oxygens (including phenoxy) is 1. The van der Waals surface area contributed by atoms with Crippen molar-refractivity contribution in [3.8, 4) is 5.88 Å². The summed E-state index contributed by atoms with van der Waals surface area (Å²) in [5.74, 6) is 0.467. The highest BCUT2D eigenvalue weighted by Crippen LogP contribution is 2.24. The number of fused-ring (bicyclic) bond motifs is 1. The molecule has 0 unspecified atom stereocenters. The van der Waals surface area contributed by atoms with Gasteiger partial charge in [0.15, 0.2) is 0 Å². The molecule has 118 valence electrons. The molecule has 3 rings (SSSR count). The largest absolute Gasteiger partial charge is 0.481 e. The number of imidazole rings is 1. The van der Waals surface area contributed by atoms with Crippen molar-refractivity contribution in [3.05, 3.63) is 42.4 Å². The van der Waals surface area contributed by atoms with E-state index in [1.54, 1.807) is 0 Å². The number of hydrogen-bond donors (Lipinski definition) is 1. The zero-order chi connectivity index (χ0) is 16.4. The first-order chi connectivity index (χ1) is 11.1. The summed E-state index contributed by atoms with van der Waals surface area (Å²) in [7, 11) is 1.49. The Morgan fingerprint density at radius 2 is 2.04 bits per heavy atom. The van der Waals surface area contributed by atoms with Crippen molar-refractivity contribution in [1.29, 1.82) is 0 Å². The number of anilines is 1. The third kappa shape index (κ3) is 2.85. The van der Waals surface area contributed by atoms with Crippen LogP contribution in [0.4, 0.5) is 5.95 Å². The minimum Gasteiger partial charge on any atom is -0.481 e. The van der Waals surface area contributed by atoms with Crippen LogP contribution in [0.3, 0.4) is 0 Å². The number of methoxy groups -OCH3 is 1. The number of aromatic nitrogens is 4. The Labute approximate surface area is 133 Å². The standard InChI is InChI=1S/C16H17N5O2/c1-10(2)21-13-7-5-4-6-11(13)19-16(21)20-15(22)12-8-14(23-3)18-9-17-12/h4-10H,1-3H3,(H,19,20,22). The fourth-order valence-electron chi connectivity index (χ4n) is 2.40. The van der Waals surface area contributed by atoms with E-state index < -0.39 is 0 Å². The van der Waals surface area contributed by atoms with E-state index in [4.69, 9.17) is 4.74 Å². The monoisotopic (exact) mass is 311 g/mol. The van der Waals surface area contributed by atoms with Crippen molar-refractivity contribution in [2.45, 2.75) is 19.9 Å². The van der Waals surface area contributed by atoms with Crippen molar-refractivity contribution in [2.24, 2.45) is 0 Å². The first kappa shape index (κ1) is 15.0. The Morgan fingerprint density at radius 3 is 2.78 bits per heavy atom. The SMILES string of the molecule is COc1cc(C(=O)Nc2nc3ccccc3n2C(C)C)ncn1. The number of carbonyl (C=O) groups excluding carboxylic acids is 1. The van der Waals surface area contributed by atoms with Gasteiger partial charge >= 0.3 is 0 Å². The molecule has 2 aromatic heterocycles. The number of benzene rings is 1. The Kier molecular flexibility index (Phi) is 3.92. The molecular formula is C16H17N5O2. The molecule has 3 aromatic rings. The summed E-state index contributed by atoms with van der Waals surface area (Å²) in [4.78, 5) is 24.8. The molecular weight excluding hydrogens is 294 g/mol. The van der Waals surface area contributed by atoms with Crippen molar-refractivity contribution in [2.75, 3.05) is 12.4 Å². The van der Waals surface area contributed by atoms with E-state index in [0.717, 1.165) is 11.0 Å². The molecule has 0 aliphatic carbocycles. The summed E-state index contributed by atoms with van der Waals surface area (Å²) in [5, 5.41) is 2.82.